The van der Waals surface area contributed by atoms with Crippen LogP contribution in [-0.2, 0) is 14.8 Å². The molecule has 4 rings (SSSR count). The third-order valence-corrected chi connectivity index (χ3v) is 10.4. The van der Waals surface area contributed by atoms with Gasteiger partial charge in [-0.2, -0.15) is 4.48 Å². The van der Waals surface area contributed by atoms with Gasteiger partial charge in [0.05, 0.1) is 22.7 Å². The van der Waals surface area contributed by atoms with Crippen LogP contribution >= 0.6 is 0 Å². The first-order chi connectivity index (χ1) is 19.9. The highest BCUT2D eigenvalue weighted by atomic mass is 32.2. The van der Waals surface area contributed by atoms with E-state index < -0.39 is 38.5 Å². The van der Waals surface area contributed by atoms with Crippen LogP contribution in [0.2, 0.25) is 0 Å². The quantitative estimate of drug-likeness (QED) is 0.204. The van der Waals surface area contributed by atoms with Gasteiger partial charge in [0, 0.05) is 32.5 Å². The lowest BCUT2D eigenvalue weighted by atomic mass is 9.97. The van der Waals surface area contributed by atoms with Gasteiger partial charge in [0.25, 0.3) is 10.0 Å². The Labute approximate surface area is 246 Å². The molecule has 2 aromatic rings. The van der Waals surface area contributed by atoms with E-state index in [-0.39, 0.29) is 40.6 Å². The van der Waals surface area contributed by atoms with E-state index in [0.717, 1.165) is 23.2 Å². The Morgan fingerprint density at radius 3 is 2.36 bits per heavy atom. The first-order valence-electron chi connectivity index (χ1n) is 14.1. The molecule has 12 nitrogen and oxygen atoms in total. The molecule has 0 aliphatic carbocycles. The number of para-hydroxylation sites is 1. The number of anilines is 1. The molecule has 1 unspecified atom stereocenters. The van der Waals surface area contributed by atoms with E-state index in [1.165, 1.54) is 25.1 Å². The Morgan fingerprint density at radius 1 is 1.12 bits per heavy atom. The van der Waals surface area contributed by atoms with Crippen LogP contribution in [0.25, 0.3) is 0 Å². The summed E-state index contributed by atoms with van der Waals surface area (Å²) in [5.41, 5.74) is 5.62. The van der Waals surface area contributed by atoms with E-state index in [1.54, 1.807) is 35.2 Å². The number of aromatic carboxylic acids is 1. The molecule has 5 N–H and O–H groups in total. The van der Waals surface area contributed by atoms with Crippen LogP contribution in [0.1, 0.15) is 49.9 Å². The molecule has 2 saturated heterocycles. The van der Waals surface area contributed by atoms with Crippen molar-refractivity contribution in [3.05, 3.63) is 60.2 Å². The number of hydrogen-bond acceptors (Lipinski definition) is 6. The van der Waals surface area contributed by atoms with Crippen molar-refractivity contribution in [1.29, 1.82) is 5.41 Å². The number of likely N-dealkylation sites (tertiary alicyclic amines) is 2. The van der Waals surface area contributed by atoms with Gasteiger partial charge in [-0.3, -0.25) is 5.41 Å². The molecule has 226 valence electrons. The fourth-order valence-corrected chi connectivity index (χ4v) is 7.70. The van der Waals surface area contributed by atoms with Crippen molar-refractivity contribution in [3.8, 4) is 0 Å². The molecule has 13 heteroatoms. The Balaban J connectivity index is 1.64. The van der Waals surface area contributed by atoms with Gasteiger partial charge >= 0.3 is 17.9 Å². The zero-order valence-electron chi connectivity index (χ0n) is 23.9. The lowest BCUT2D eigenvalue weighted by Gasteiger charge is -2.38. The molecule has 2 aliphatic heterocycles. The summed E-state index contributed by atoms with van der Waals surface area (Å²) in [5, 5.41) is 20.1. The molecular weight excluding hydrogens is 560 g/mol. The summed E-state index contributed by atoms with van der Waals surface area (Å²) < 4.78 is 28.6. The second kappa shape index (κ2) is 12.5. The number of nitrogens with zero attached hydrogens (tertiary/aromatic N) is 3. The number of carbonyl (C=O) groups is 3. The number of urea groups is 1. The summed E-state index contributed by atoms with van der Waals surface area (Å²) in [4.78, 5) is 41.4. The Hall–Kier alpha value is -3.97. The molecule has 3 atom stereocenters. The first-order valence-corrected chi connectivity index (χ1v) is 15.6. The van der Waals surface area contributed by atoms with Gasteiger partial charge in [-0.25, -0.2) is 27.1 Å². The van der Waals surface area contributed by atoms with Crippen LogP contribution in [-0.4, -0.2) is 85.0 Å². The summed E-state index contributed by atoms with van der Waals surface area (Å²) in [7, 11) is -4.42. The Bertz CT molecular complexity index is 1440. The average Bonchev–Trinajstić information content (AvgIpc) is 3.38. The number of amides is 3. The van der Waals surface area contributed by atoms with Crippen molar-refractivity contribution >= 4 is 39.6 Å². The lowest BCUT2D eigenvalue weighted by molar-refractivity contribution is -0.785. The number of nitrogens with two attached hydrogens (primary N) is 1. The summed E-state index contributed by atoms with van der Waals surface area (Å²) in [6.07, 6.45) is 2.74. The summed E-state index contributed by atoms with van der Waals surface area (Å²) in [6.45, 7) is 5.16. The maximum absolute atomic E-state index is 14.4. The van der Waals surface area contributed by atoms with Crippen molar-refractivity contribution in [1.82, 2.24) is 10.2 Å². The van der Waals surface area contributed by atoms with Gasteiger partial charge in [-0.05, 0) is 62.9 Å². The van der Waals surface area contributed by atoms with Crippen molar-refractivity contribution in [2.24, 2.45) is 11.7 Å². The van der Waals surface area contributed by atoms with Crippen LogP contribution < -0.4 is 15.4 Å². The van der Waals surface area contributed by atoms with Crippen LogP contribution in [0.3, 0.4) is 0 Å². The molecule has 0 saturated carbocycles. The van der Waals surface area contributed by atoms with Crippen molar-refractivity contribution in [2.75, 3.05) is 30.5 Å². The second-order valence-corrected chi connectivity index (χ2v) is 12.9. The monoisotopic (exact) mass is 599 g/mol. The summed E-state index contributed by atoms with van der Waals surface area (Å²) in [6, 6.07) is 11.0. The van der Waals surface area contributed by atoms with Crippen LogP contribution in [0.15, 0.2) is 59.5 Å². The number of quaternary nitrogens is 1. The molecular formula is C29H39N6O6S+. The third-order valence-electron chi connectivity index (χ3n) is 8.50. The maximum Gasteiger partial charge on any atom is 0.424 e. The minimum atomic E-state index is -4.42. The second-order valence-electron chi connectivity index (χ2n) is 11.1. The molecule has 0 bridgehead atoms. The fraction of sp³-hybridized carbons (Fsp3) is 0.448. The molecule has 0 radical (unpaired) electrons. The zero-order chi connectivity index (χ0) is 30.7. The first kappa shape index (κ1) is 31.0. The van der Waals surface area contributed by atoms with E-state index in [0.29, 0.717) is 32.5 Å². The molecule has 3 amide bonds. The normalized spacial score (nSPS) is 21.9. The lowest BCUT2D eigenvalue weighted by Crippen LogP contribution is -2.67. The highest BCUT2D eigenvalue weighted by Gasteiger charge is 2.56. The smallest absolute Gasteiger partial charge is 0.424 e. The van der Waals surface area contributed by atoms with Gasteiger partial charge in [-0.1, -0.05) is 24.3 Å². The third kappa shape index (κ3) is 5.97. The number of benzene rings is 2. The number of hydrogen-bond donors (Lipinski definition) is 4. The van der Waals surface area contributed by atoms with Gasteiger partial charge in [-0.15, -0.1) is 0 Å². The Morgan fingerprint density at radius 2 is 1.79 bits per heavy atom. The SMILES string of the molecule is C[C@@H]1CCC[N+]1(C(=O)NCC1CCN(C(=N)N)CC1)C(=O)[C@H](C)N(c1ccccc1)S(=O)(=O)c1cccc(C(=O)O)c1. The van der Waals surface area contributed by atoms with Gasteiger partial charge in [0.15, 0.2) is 12.0 Å². The minimum Gasteiger partial charge on any atom is -0.478 e. The van der Waals surface area contributed by atoms with Gasteiger partial charge in [0.1, 0.15) is 6.04 Å². The number of rotatable bonds is 8. The summed E-state index contributed by atoms with van der Waals surface area (Å²) >= 11 is 0. The zero-order valence-corrected chi connectivity index (χ0v) is 24.7. The number of sulfonamides is 1. The van der Waals surface area contributed by atoms with Crippen molar-refractivity contribution in [3.63, 3.8) is 0 Å². The van der Waals surface area contributed by atoms with Crippen LogP contribution in [0, 0.1) is 11.3 Å². The average molecular weight is 600 g/mol. The summed E-state index contributed by atoms with van der Waals surface area (Å²) in [5.74, 6) is -1.63. The number of piperidine rings is 1. The van der Waals surface area contributed by atoms with E-state index in [4.69, 9.17) is 11.1 Å². The van der Waals surface area contributed by atoms with Crippen molar-refractivity contribution < 1.29 is 32.4 Å². The Kier molecular flexibility index (Phi) is 9.21. The highest BCUT2D eigenvalue weighted by Crippen LogP contribution is 2.34. The topological polar surface area (TPSA) is 174 Å². The molecule has 42 heavy (non-hydrogen) atoms. The molecule has 0 aromatic heterocycles. The molecule has 2 aliphatic rings. The number of carboxylic acids is 1. The molecule has 2 heterocycles. The van der Waals surface area contributed by atoms with Gasteiger partial charge in [0.2, 0.25) is 0 Å². The number of guanidine groups is 1. The fourth-order valence-electron chi connectivity index (χ4n) is 6.04. The number of imide groups is 1. The van der Waals surface area contributed by atoms with E-state index in [9.17, 15) is 27.9 Å². The van der Waals surface area contributed by atoms with E-state index >= 15 is 0 Å². The number of nitrogens with one attached hydrogen (secondary N) is 2. The highest BCUT2D eigenvalue weighted by molar-refractivity contribution is 7.93. The predicted molar refractivity (Wildman–Crippen MR) is 157 cm³/mol. The number of carboxylic acid groups (broad SMARTS) is 1. The van der Waals surface area contributed by atoms with E-state index in [1.807, 2.05) is 6.92 Å². The standard InChI is InChI=1S/C29H38N6O6S/c1-20-8-7-17-35(20,29(39)32-19-22-13-15-33(16-14-22)28(30)31)26(36)21(2)34(24-10-4-3-5-11-24)42(40,41)25-12-6-9-23(18-25)27(37)38/h3-6,9-12,18,20-22H,7-8,13-17,19H2,1-2H3,(H4-,30,31,32,37,38,39)/p+1/t20-,21+,35?/m1/s1. The predicted octanol–water partition coefficient (Wildman–Crippen LogP) is 2.81. The van der Waals surface area contributed by atoms with E-state index in [2.05, 4.69) is 5.32 Å². The molecule has 2 aromatic carbocycles. The number of carbonyl (C=O) groups excluding carboxylic acids is 2. The van der Waals surface area contributed by atoms with Crippen molar-refractivity contribution in [2.45, 2.75) is 56.5 Å². The largest absolute Gasteiger partial charge is 0.478 e. The molecule has 0 spiro atoms. The van der Waals surface area contributed by atoms with Crippen LogP contribution in [0.4, 0.5) is 10.5 Å². The minimum absolute atomic E-state index is 0.0279. The molecule has 2 fully saturated rings. The maximum atomic E-state index is 14.4. The van der Waals surface area contributed by atoms with Gasteiger partial charge < -0.3 is 21.1 Å². The van der Waals surface area contributed by atoms with Crippen LogP contribution in [0.5, 0.6) is 0 Å².